The number of nitrogens with zero attached hydrogens (tertiary/aromatic N) is 1. The Morgan fingerprint density at radius 1 is 1.03 bits per heavy atom. The maximum atomic E-state index is 5.40. The maximum absolute atomic E-state index is 5.40. The van der Waals surface area contributed by atoms with Crippen LogP contribution in [0.15, 0.2) is 83.9 Å². The summed E-state index contributed by atoms with van der Waals surface area (Å²) in [5, 5.41) is 3.81. The van der Waals surface area contributed by atoms with Crippen molar-refractivity contribution in [2.24, 2.45) is 10.9 Å². The molecule has 3 heteroatoms. The van der Waals surface area contributed by atoms with E-state index in [0.29, 0.717) is 17.9 Å². The molecule has 0 aromatic heterocycles. The minimum atomic E-state index is 0.312. The highest BCUT2D eigenvalue weighted by molar-refractivity contribution is 5.85. The molecule has 5 rings (SSSR count). The molecule has 3 aromatic carbocycles. The summed E-state index contributed by atoms with van der Waals surface area (Å²) in [6.45, 7) is 2.17. The van der Waals surface area contributed by atoms with Crippen LogP contribution in [-0.2, 0) is 0 Å². The van der Waals surface area contributed by atoms with Crippen LogP contribution < -0.4 is 10.1 Å². The van der Waals surface area contributed by atoms with E-state index in [9.17, 15) is 0 Å². The van der Waals surface area contributed by atoms with Gasteiger partial charge >= 0.3 is 0 Å². The molecule has 1 N–H and O–H groups in total. The molecule has 0 unspecified atom stereocenters. The SMILES string of the molecule is COc1ccccc1C=Nc1ccc([C@@H]2Nc3ccc(C)cc3[C@H]3C=CC[C@@H]32)cc1. The molecule has 0 saturated heterocycles. The minimum absolute atomic E-state index is 0.312. The molecular weight excluding hydrogens is 368 g/mol. The molecule has 3 atom stereocenters. The van der Waals surface area contributed by atoms with Crippen molar-refractivity contribution in [1.82, 2.24) is 0 Å². The van der Waals surface area contributed by atoms with Gasteiger partial charge in [0.15, 0.2) is 0 Å². The number of rotatable bonds is 4. The van der Waals surface area contributed by atoms with Crippen molar-refractivity contribution in [3.05, 3.63) is 101 Å². The Kier molecular flexibility index (Phi) is 4.88. The van der Waals surface area contributed by atoms with Crippen LogP contribution in [0.1, 0.15) is 40.6 Å². The molecular formula is C27H26N2O. The van der Waals surface area contributed by atoms with Gasteiger partial charge in [0.25, 0.3) is 0 Å². The van der Waals surface area contributed by atoms with Crippen molar-refractivity contribution in [3.8, 4) is 5.75 Å². The van der Waals surface area contributed by atoms with Gasteiger partial charge in [0, 0.05) is 23.4 Å². The summed E-state index contributed by atoms with van der Waals surface area (Å²) in [4.78, 5) is 4.65. The highest BCUT2D eigenvalue weighted by atomic mass is 16.5. The number of benzene rings is 3. The fourth-order valence-corrected chi connectivity index (χ4v) is 4.73. The average Bonchev–Trinajstić information content (AvgIpc) is 3.28. The van der Waals surface area contributed by atoms with Gasteiger partial charge in [-0.25, -0.2) is 0 Å². The number of hydrogen-bond donors (Lipinski definition) is 1. The van der Waals surface area contributed by atoms with Crippen LogP contribution in [-0.4, -0.2) is 13.3 Å². The van der Waals surface area contributed by atoms with E-state index < -0.39 is 0 Å². The number of hydrogen-bond acceptors (Lipinski definition) is 3. The van der Waals surface area contributed by atoms with Gasteiger partial charge < -0.3 is 10.1 Å². The first-order chi connectivity index (χ1) is 14.7. The van der Waals surface area contributed by atoms with E-state index in [-0.39, 0.29) is 0 Å². The Bertz CT molecular complexity index is 1110. The van der Waals surface area contributed by atoms with Crippen molar-refractivity contribution in [1.29, 1.82) is 0 Å². The topological polar surface area (TPSA) is 33.6 Å². The lowest BCUT2D eigenvalue weighted by Crippen LogP contribution is -2.29. The predicted molar refractivity (Wildman–Crippen MR) is 124 cm³/mol. The van der Waals surface area contributed by atoms with Crippen LogP contribution in [0.25, 0.3) is 0 Å². The third-order valence-corrected chi connectivity index (χ3v) is 6.26. The van der Waals surface area contributed by atoms with Gasteiger partial charge in [-0.1, -0.05) is 54.1 Å². The molecule has 0 fully saturated rings. The summed E-state index contributed by atoms with van der Waals surface area (Å²) in [6.07, 6.45) is 7.71. The summed E-state index contributed by atoms with van der Waals surface area (Å²) in [6, 6.07) is 23.6. The second-order valence-corrected chi connectivity index (χ2v) is 8.16. The fraction of sp³-hybridized carbons (Fsp3) is 0.222. The van der Waals surface area contributed by atoms with Crippen molar-refractivity contribution >= 4 is 17.6 Å². The van der Waals surface area contributed by atoms with Gasteiger partial charge in [-0.2, -0.15) is 0 Å². The molecule has 0 saturated carbocycles. The fourth-order valence-electron chi connectivity index (χ4n) is 4.73. The predicted octanol–water partition coefficient (Wildman–Crippen LogP) is 6.58. The first kappa shape index (κ1) is 18.7. The zero-order valence-corrected chi connectivity index (χ0v) is 17.4. The monoisotopic (exact) mass is 394 g/mol. The highest BCUT2D eigenvalue weighted by Crippen LogP contribution is 2.50. The molecule has 0 radical (unpaired) electrons. The molecule has 1 aliphatic carbocycles. The number of methoxy groups -OCH3 is 1. The molecule has 0 bridgehead atoms. The highest BCUT2D eigenvalue weighted by Gasteiger charge is 2.37. The lowest BCUT2D eigenvalue weighted by Gasteiger charge is -2.37. The van der Waals surface area contributed by atoms with Crippen LogP contribution in [0.2, 0.25) is 0 Å². The smallest absolute Gasteiger partial charge is 0.127 e. The summed E-state index contributed by atoms with van der Waals surface area (Å²) >= 11 is 0. The molecule has 1 aliphatic heterocycles. The van der Waals surface area contributed by atoms with Gasteiger partial charge in [-0.15, -0.1) is 0 Å². The second-order valence-electron chi connectivity index (χ2n) is 8.16. The van der Waals surface area contributed by atoms with Crippen LogP contribution in [0.3, 0.4) is 0 Å². The maximum Gasteiger partial charge on any atom is 0.127 e. The molecule has 0 amide bonds. The third-order valence-electron chi connectivity index (χ3n) is 6.26. The Labute approximate surface area is 178 Å². The van der Waals surface area contributed by atoms with Gasteiger partial charge in [0.1, 0.15) is 5.75 Å². The van der Waals surface area contributed by atoms with Crippen LogP contribution in [0, 0.1) is 12.8 Å². The molecule has 1 heterocycles. The van der Waals surface area contributed by atoms with E-state index in [2.05, 4.69) is 71.8 Å². The molecule has 30 heavy (non-hydrogen) atoms. The lowest BCUT2D eigenvalue weighted by atomic mass is 9.76. The van der Waals surface area contributed by atoms with Crippen molar-refractivity contribution in [2.75, 3.05) is 12.4 Å². The van der Waals surface area contributed by atoms with Gasteiger partial charge in [0.2, 0.25) is 0 Å². The van der Waals surface area contributed by atoms with Crippen molar-refractivity contribution < 1.29 is 4.74 Å². The van der Waals surface area contributed by atoms with Gasteiger partial charge in [-0.05, 0) is 60.7 Å². The van der Waals surface area contributed by atoms with E-state index in [1.165, 1.54) is 22.4 Å². The average molecular weight is 395 g/mol. The first-order valence-corrected chi connectivity index (χ1v) is 10.5. The third kappa shape index (κ3) is 3.41. The molecule has 0 spiro atoms. The van der Waals surface area contributed by atoms with E-state index in [1.54, 1.807) is 7.11 Å². The number of aliphatic imine (C=N–C) groups is 1. The molecule has 3 aromatic rings. The number of nitrogens with one attached hydrogen (secondary N) is 1. The largest absolute Gasteiger partial charge is 0.496 e. The number of aryl methyl sites for hydroxylation is 1. The summed E-state index contributed by atoms with van der Waals surface area (Å²) in [7, 11) is 1.68. The summed E-state index contributed by atoms with van der Waals surface area (Å²) < 4.78 is 5.40. The minimum Gasteiger partial charge on any atom is -0.496 e. The zero-order chi connectivity index (χ0) is 20.5. The van der Waals surface area contributed by atoms with Crippen LogP contribution >= 0.6 is 0 Å². The van der Waals surface area contributed by atoms with Crippen molar-refractivity contribution in [3.63, 3.8) is 0 Å². The number of ether oxygens (including phenoxy) is 1. The summed E-state index contributed by atoms with van der Waals surface area (Å²) in [5.41, 5.74) is 7.25. The van der Waals surface area contributed by atoms with Gasteiger partial charge in [-0.3, -0.25) is 4.99 Å². The normalized spacial score (nSPS) is 21.9. The van der Waals surface area contributed by atoms with Gasteiger partial charge in [0.05, 0.1) is 18.8 Å². The second kappa shape index (κ2) is 7.83. The summed E-state index contributed by atoms with van der Waals surface area (Å²) in [5.74, 6) is 1.88. The van der Waals surface area contributed by atoms with E-state index in [4.69, 9.17) is 4.74 Å². The standard InChI is InChI=1S/C27H26N2O/c1-18-10-15-25-24(16-18)22-7-5-8-23(22)27(29-25)19-11-13-21(14-12-19)28-17-20-6-3-4-9-26(20)30-2/h3-7,9-17,22-23,27,29H,8H2,1-2H3/t22-,23-,27-/m0/s1. The Morgan fingerprint density at radius 2 is 1.87 bits per heavy atom. The Balaban J connectivity index is 1.39. The van der Waals surface area contributed by atoms with Crippen LogP contribution in [0.5, 0.6) is 5.75 Å². The number of para-hydroxylation sites is 1. The Morgan fingerprint density at radius 3 is 2.70 bits per heavy atom. The van der Waals surface area contributed by atoms with Crippen molar-refractivity contribution in [2.45, 2.75) is 25.3 Å². The zero-order valence-electron chi connectivity index (χ0n) is 17.4. The lowest BCUT2D eigenvalue weighted by molar-refractivity contribution is 0.414. The van der Waals surface area contributed by atoms with E-state index in [1.807, 2.05) is 30.5 Å². The number of allylic oxidation sites excluding steroid dienone is 2. The number of anilines is 1. The first-order valence-electron chi connectivity index (χ1n) is 10.5. The van der Waals surface area contributed by atoms with Crippen LogP contribution in [0.4, 0.5) is 11.4 Å². The molecule has 3 nitrogen and oxygen atoms in total. The van der Waals surface area contributed by atoms with E-state index in [0.717, 1.165) is 23.4 Å². The quantitative estimate of drug-likeness (QED) is 0.400. The molecule has 2 aliphatic rings. The molecule has 150 valence electrons. The van der Waals surface area contributed by atoms with E-state index >= 15 is 0 Å². The Hall–Kier alpha value is -3.33. The number of fused-ring (bicyclic) bond motifs is 3.